The number of carbonyl (C=O) groups excluding carboxylic acids is 1. The first kappa shape index (κ1) is 23.6. The summed E-state index contributed by atoms with van der Waals surface area (Å²) in [6, 6.07) is 23.8. The summed E-state index contributed by atoms with van der Waals surface area (Å²) in [6.07, 6.45) is 2.54. The number of piperidine rings is 1. The van der Waals surface area contributed by atoms with Gasteiger partial charge in [0.1, 0.15) is 5.75 Å². The van der Waals surface area contributed by atoms with Gasteiger partial charge in [0.05, 0.1) is 7.11 Å². The van der Waals surface area contributed by atoms with Crippen LogP contribution in [0.15, 0.2) is 72.8 Å². The third-order valence-electron chi connectivity index (χ3n) is 6.17. The molecule has 1 aliphatic rings. The van der Waals surface area contributed by atoms with Crippen LogP contribution in [-0.4, -0.2) is 36.5 Å². The van der Waals surface area contributed by atoms with E-state index in [0.29, 0.717) is 28.2 Å². The Morgan fingerprint density at radius 3 is 2.45 bits per heavy atom. The van der Waals surface area contributed by atoms with E-state index in [9.17, 15) is 4.79 Å². The van der Waals surface area contributed by atoms with Gasteiger partial charge in [-0.3, -0.25) is 4.79 Å². The van der Waals surface area contributed by atoms with Crippen molar-refractivity contribution >= 4 is 29.1 Å². The van der Waals surface area contributed by atoms with Gasteiger partial charge in [0, 0.05) is 46.3 Å². The molecule has 0 aliphatic carbocycles. The van der Waals surface area contributed by atoms with Gasteiger partial charge >= 0.3 is 0 Å². The lowest BCUT2D eigenvalue weighted by molar-refractivity contribution is 0.0576. The molecule has 1 heterocycles. The van der Waals surface area contributed by atoms with E-state index in [1.54, 1.807) is 25.3 Å². The Bertz CT molecular complexity index is 1070. The number of carbonyl (C=O) groups is 1. The lowest BCUT2D eigenvalue weighted by atomic mass is 9.91. The first-order valence-corrected chi connectivity index (χ1v) is 12.0. The van der Waals surface area contributed by atoms with Crippen LogP contribution >= 0.6 is 23.2 Å². The highest BCUT2D eigenvalue weighted by Crippen LogP contribution is 2.27. The van der Waals surface area contributed by atoms with Crippen molar-refractivity contribution in [1.82, 2.24) is 10.2 Å². The van der Waals surface area contributed by atoms with Crippen LogP contribution in [0.25, 0.3) is 0 Å². The second-order valence-electron chi connectivity index (χ2n) is 8.41. The summed E-state index contributed by atoms with van der Waals surface area (Å²) in [4.78, 5) is 15.4. The highest BCUT2D eigenvalue weighted by Gasteiger charge is 2.32. The number of nitrogens with one attached hydrogen (secondary N) is 1. The average molecular weight is 483 g/mol. The number of hydrogen-bond acceptors (Lipinski definition) is 3. The molecule has 0 radical (unpaired) electrons. The van der Waals surface area contributed by atoms with E-state index >= 15 is 0 Å². The number of para-hydroxylation sites is 1. The molecule has 2 atom stereocenters. The quantitative estimate of drug-likeness (QED) is 0.448. The molecule has 0 spiro atoms. The van der Waals surface area contributed by atoms with E-state index in [2.05, 4.69) is 23.5 Å². The fraction of sp³-hybridized carbons (Fsp3) is 0.296. The minimum atomic E-state index is -0.0245. The van der Waals surface area contributed by atoms with Crippen LogP contribution < -0.4 is 10.1 Å². The maximum atomic E-state index is 13.4. The van der Waals surface area contributed by atoms with Crippen molar-refractivity contribution in [2.75, 3.05) is 13.7 Å². The molecule has 2 unspecified atom stereocenters. The number of hydrogen-bond donors (Lipinski definition) is 1. The van der Waals surface area contributed by atoms with E-state index in [1.807, 2.05) is 41.3 Å². The van der Waals surface area contributed by atoms with Crippen molar-refractivity contribution in [2.45, 2.75) is 37.9 Å². The van der Waals surface area contributed by atoms with E-state index in [0.717, 1.165) is 37.1 Å². The van der Waals surface area contributed by atoms with Crippen molar-refractivity contribution in [1.29, 1.82) is 0 Å². The molecule has 4 rings (SSSR count). The molecular formula is C27H28Cl2N2O2. The third kappa shape index (κ3) is 6.08. The van der Waals surface area contributed by atoms with Crippen LogP contribution in [0, 0.1) is 0 Å². The second kappa shape index (κ2) is 11.1. The minimum absolute atomic E-state index is 0.0245. The van der Waals surface area contributed by atoms with Crippen molar-refractivity contribution in [2.24, 2.45) is 0 Å². The monoisotopic (exact) mass is 482 g/mol. The summed E-state index contributed by atoms with van der Waals surface area (Å²) in [5, 5.41) is 4.63. The Hall–Kier alpha value is -2.53. The first-order valence-electron chi connectivity index (χ1n) is 11.2. The molecule has 1 fully saturated rings. The number of benzene rings is 3. The van der Waals surface area contributed by atoms with E-state index in [4.69, 9.17) is 27.9 Å². The number of likely N-dealkylation sites (tertiary alicyclic amines) is 1. The molecule has 1 aliphatic heterocycles. The number of amides is 1. The molecule has 1 N–H and O–H groups in total. The summed E-state index contributed by atoms with van der Waals surface area (Å²) >= 11 is 12.3. The van der Waals surface area contributed by atoms with Crippen molar-refractivity contribution in [3.8, 4) is 5.75 Å². The number of methoxy groups -OCH3 is 1. The Morgan fingerprint density at radius 2 is 1.73 bits per heavy atom. The lowest BCUT2D eigenvalue weighted by Crippen LogP contribution is -2.51. The van der Waals surface area contributed by atoms with Crippen molar-refractivity contribution in [3.63, 3.8) is 0 Å². The molecule has 1 saturated heterocycles. The van der Waals surface area contributed by atoms with Crippen LogP contribution in [-0.2, 0) is 13.0 Å². The van der Waals surface area contributed by atoms with Crippen LogP contribution in [0.2, 0.25) is 10.0 Å². The molecule has 6 heteroatoms. The Morgan fingerprint density at radius 1 is 1.03 bits per heavy atom. The zero-order chi connectivity index (χ0) is 23.2. The zero-order valence-corrected chi connectivity index (χ0v) is 20.1. The van der Waals surface area contributed by atoms with Crippen LogP contribution in [0.1, 0.15) is 34.3 Å². The van der Waals surface area contributed by atoms with E-state index < -0.39 is 0 Å². The van der Waals surface area contributed by atoms with Crippen LogP contribution in [0.4, 0.5) is 0 Å². The normalized spacial score (nSPS) is 18.2. The zero-order valence-electron chi connectivity index (χ0n) is 18.6. The average Bonchev–Trinajstić information content (AvgIpc) is 2.82. The topological polar surface area (TPSA) is 41.6 Å². The van der Waals surface area contributed by atoms with Crippen molar-refractivity contribution in [3.05, 3.63) is 99.5 Å². The maximum absolute atomic E-state index is 13.4. The molecule has 0 saturated carbocycles. The van der Waals surface area contributed by atoms with Gasteiger partial charge < -0.3 is 15.0 Å². The molecule has 0 bridgehead atoms. The van der Waals surface area contributed by atoms with Crippen LogP contribution in [0.5, 0.6) is 5.75 Å². The van der Waals surface area contributed by atoms with E-state index in [1.165, 1.54) is 5.56 Å². The Labute approximate surface area is 205 Å². The molecule has 3 aromatic rings. The van der Waals surface area contributed by atoms with Crippen molar-refractivity contribution < 1.29 is 9.53 Å². The number of ether oxygens (including phenoxy) is 1. The van der Waals surface area contributed by atoms with Gasteiger partial charge in [-0.25, -0.2) is 0 Å². The molecular weight excluding hydrogens is 455 g/mol. The Kier molecular flexibility index (Phi) is 7.92. The predicted octanol–water partition coefficient (Wildman–Crippen LogP) is 6.01. The van der Waals surface area contributed by atoms with Gasteiger partial charge in [0.2, 0.25) is 0 Å². The standard InChI is InChI=1S/C27H28Cl2N2O2/c1-33-26-10-6-5-9-20(26)18-30-24-11-12-31(25(17-24)13-19-7-3-2-4-8-19)27(32)21-14-22(28)16-23(29)15-21/h2-10,14-16,24-25,30H,11-13,17-18H2,1H3. The maximum Gasteiger partial charge on any atom is 0.254 e. The highest BCUT2D eigenvalue weighted by atomic mass is 35.5. The van der Waals surface area contributed by atoms with Gasteiger partial charge in [0.15, 0.2) is 0 Å². The third-order valence-corrected chi connectivity index (χ3v) is 6.61. The highest BCUT2D eigenvalue weighted by molar-refractivity contribution is 6.35. The molecule has 3 aromatic carbocycles. The summed E-state index contributed by atoms with van der Waals surface area (Å²) in [7, 11) is 1.70. The van der Waals surface area contributed by atoms with Gasteiger partial charge in [-0.2, -0.15) is 0 Å². The van der Waals surface area contributed by atoms with Gasteiger partial charge in [0.25, 0.3) is 5.91 Å². The van der Waals surface area contributed by atoms with Crippen LogP contribution in [0.3, 0.4) is 0 Å². The summed E-state index contributed by atoms with van der Waals surface area (Å²) in [5.74, 6) is 0.861. The number of nitrogens with zero attached hydrogens (tertiary/aromatic N) is 1. The summed E-state index contributed by atoms with van der Waals surface area (Å²) in [5.41, 5.74) is 2.88. The second-order valence-corrected chi connectivity index (χ2v) is 9.29. The number of halogens is 2. The lowest BCUT2D eigenvalue weighted by Gasteiger charge is -2.40. The molecule has 0 aromatic heterocycles. The molecule has 1 amide bonds. The van der Waals surface area contributed by atoms with E-state index in [-0.39, 0.29) is 11.9 Å². The predicted molar refractivity (Wildman–Crippen MR) is 134 cm³/mol. The molecule has 33 heavy (non-hydrogen) atoms. The first-order chi connectivity index (χ1) is 16.0. The SMILES string of the molecule is COc1ccccc1CNC1CCN(C(=O)c2cc(Cl)cc(Cl)c2)C(Cc2ccccc2)C1. The van der Waals surface area contributed by atoms with Gasteiger partial charge in [-0.1, -0.05) is 71.7 Å². The molecule has 172 valence electrons. The minimum Gasteiger partial charge on any atom is -0.496 e. The van der Waals surface area contributed by atoms with Gasteiger partial charge in [-0.05, 0) is 49.1 Å². The molecule has 4 nitrogen and oxygen atoms in total. The Balaban J connectivity index is 1.51. The fourth-order valence-corrected chi connectivity index (χ4v) is 5.06. The number of rotatable bonds is 7. The smallest absolute Gasteiger partial charge is 0.254 e. The summed E-state index contributed by atoms with van der Waals surface area (Å²) in [6.45, 7) is 1.40. The van der Waals surface area contributed by atoms with Gasteiger partial charge in [-0.15, -0.1) is 0 Å². The largest absolute Gasteiger partial charge is 0.496 e. The fourth-order valence-electron chi connectivity index (χ4n) is 4.53. The summed E-state index contributed by atoms with van der Waals surface area (Å²) < 4.78 is 5.49.